The Bertz CT molecular complexity index is 582. The minimum Gasteiger partial charge on any atom is -0.334 e. The number of aromatic nitrogens is 2. The summed E-state index contributed by atoms with van der Waals surface area (Å²) in [6.45, 7) is 6.36. The van der Waals surface area contributed by atoms with Gasteiger partial charge in [0.25, 0.3) is 0 Å². The van der Waals surface area contributed by atoms with Crippen LogP contribution in [-0.4, -0.2) is 16.0 Å². The third-order valence-electron chi connectivity index (χ3n) is 2.86. The average Bonchev–Trinajstić information content (AvgIpc) is 2.77. The summed E-state index contributed by atoms with van der Waals surface area (Å²) in [5, 5.41) is 6.76. The lowest BCUT2D eigenvalue weighted by atomic mass is 10.2. The highest BCUT2D eigenvalue weighted by Crippen LogP contribution is 2.24. The van der Waals surface area contributed by atoms with Gasteiger partial charge in [-0.25, -0.2) is 9.78 Å². The predicted molar refractivity (Wildman–Crippen MR) is 79.6 cm³/mol. The highest BCUT2D eigenvalue weighted by molar-refractivity contribution is 7.11. The zero-order valence-corrected chi connectivity index (χ0v) is 12.6. The van der Waals surface area contributed by atoms with Crippen molar-refractivity contribution in [1.82, 2.24) is 20.6 Å². The average molecular weight is 290 g/mol. The fraction of sp³-hybridized carbons (Fsp3) is 0.357. The van der Waals surface area contributed by atoms with Crippen molar-refractivity contribution in [3.05, 3.63) is 45.7 Å². The Morgan fingerprint density at radius 2 is 2.25 bits per heavy atom. The monoisotopic (exact) mass is 290 g/mol. The molecule has 2 heterocycles. The number of hydrogen-bond acceptors (Lipinski definition) is 4. The van der Waals surface area contributed by atoms with E-state index in [2.05, 4.69) is 20.6 Å². The molecule has 0 radical (unpaired) electrons. The molecule has 2 amide bonds. The second-order valence-corrected chi connectivity index (χ2v) is 5.83. The van der Waals surface area contributed by atoms with Gasteiger partial charge in [-0.2, -0.15) is 0 Å². The van der Waals surface area contributed by atoms with Gasteiger partial charge in [-0.3, -0.25) is 4.98 Å². The van der Waals surface area contributed by atoms with E-state index in [1.807, 2.05) is 32.9 Å². The van der Waals surface area contributed by atoms with E-state index in [9.17, 15) is 4.79 Å². The van der Waals surface area contributed by atoms with E-state index < -0.39 is 0 Å². The Morgan fingerprint density at radius 1 is 1.45 bits per heavy atom. The predicted octanol–water partition coefficient (Wildman–Crippen LogP) is 2.72. The lowest BCUT2D eigenvalue weighted by Crippen LogP contribution is -2.36. The number of aryl methyl sites for hydroxylation is 2. The fourth-order valence-electron chi connectivity index (χ4n) is 1.95. The number of nitrogens with zero attached hydrogens (tertiary/aromatic N) is 2. The van der Waals surface area contributed by atoms with E-state index in [-0.39, 0.29) is 12.1 Å². The maximum atomic E-state index is 11.9. The van der Waals surface area contributed by atoms with Gasteiger partial charge in [-0.1, -0.05) is 6.07 Å². The molecule has 0 saturated carbocycles. The number of urea groups is 1. The molecule has 0 fully saturated rings. The summed E-state index contributed by atoms with van der Waals surface area (Å²) in [6, 6.07) is 3.54. The molecular formula is C14H18N4OS. The van der Waals surface area contributed by atoms with Crippen molar-refractivity contribution in [3.8, 4) is 0 Å². The molecule has 0 aliphatic heterocycles. The SMILES string of the molecule is Cc1nc(C)c([C@@H](C)NC(=O)NCc2cccnc2)s1. The smallest absolute Gasteiger partial charge is 0.315 e. The van der Waals surface area contributed by atoms with Crippen molar-refractivity contribution in [1.29, 1.82) is 0 Å². The third kappa shape index (κ3) is 3.77. The standard InChI is InChI=1S/C14H18N4OS/c1-9-13(20-11(3)17-9)10(2)18-14(19)16-8-12-5-4-6-15-7-12/h4-7,10H,8H2,1-3H3,(H2,16,18,19)/t10-/m1/s1. The normalized spacial score (nSPS) is 11.9. The molecule has 5 nitrogen and oxygen atoms in total. The van der Waals surface area contributed by atoms with Crippen LogP contribution in [0.5, 0.6) is 0 Å². The first-order valence-corrected chi connectivity index (χ1v) is 7.25. The fourth-order valence-corrected chi connectivity index (χ4v) is 2.88. The number of rotatable bonds is 4. The molecule has 106 valence electrons. The largest absolute Gasteiger partial charge is 0.334 e. The molecule has 0 spiro atoms. The van der Waals surface area contributed by atoms with E-state index >= 15 is 0 Å². The minimum atomic E-state index is -0.188. The van der Waals surface area contributed by atoms with Crippen LogP contribution in [0.2, 0.25) is 0 Å². The topological polar surface area (TPSA) is 66.9 Å². The summed E-state index contributed by atoms with van der Waals surface area (Å²) in [4.78, 5) is 21.3. The molecule has 0 aromatic carbocycles. The molecule has 2 aromatic rings. The molecule has 1 atom stereocenters. The molecular weight excluding hydrogens is 272 g/mol. The Balaban J connectivity index is 1.87. The Kier molecular flexibility index (Phi) is 4.68. The summed E-state index contributed by atoms with van der Waals surface area (Å²) in [6.07, 6.45) is 3.45. The quantitative estimate of drug-likeness (QED) is 0.910. The highest BCUT2D eigenvalue weighted by Gasteiger charge is 2.14. The van der Waals surface area contributed by atoms with Crippen LogP contribution in [0.4, 0.5) is 4.79 Å². The second kappa shape index (κ2) is 6.47. The summed E-state index contributed by atoms with van der Waals surface area (Å²) in [5.74, 6) is 0. The van der Waals surface area contributed by atoms with Crippen molar-refractivity contribution in [2.24, 2.45) is 0 Å². The second-order valence-electron chi connectivity index (χ2n) is 4.59. The first-order valence-electron chi connectivity index (χ1n) is 6.43. The van der Waals surface area contributed by atoms with Gasteiger partial charge in [0.2, 0.25) is 0 Å². The van der Waals surface area contributed by atoms with Gasteiger partial charge >= 0.3 is 6.03 Å². The lowest BCUT2D eigenvalue weighted by Gasteiger charge is -2.13. The molecule has 0 saturated heterocycles. The summed E-state index contributed by atoms with van der Waals surface area (Å²) >= 11 is 1.62. The molecule has 20 heavy (non-hydrogen) atoms. The number of carbonyl (C=O) groups excluding carboxylic acids is 1. The van der Waals surface area contributed by atoms with Gasteiger partial charge in [0.05, 0.1) is 16.7 Å². The zero-order chi connectivity index (χ0) is 14.5. The van der Waals surface area contributed by atoms with E-state index in [1.165, 1.54) is 0 Å². The van der Waals surface area contributed by atoms with E-state index in [0.29, 0.717) is 6.54 Å². The van der Waals surface area contributed by atoms with E-state index in [1.54, 1.807) is 23.7 Å². The first-order chi connectivity index (χ1) is 9.56. The van der Waals surface area contributed by atoms with Crippen LogP contribution < -0.4 is 10.6 Å². The third-order valence-corrected chi connectivity index (χ3v) is 4.11. The van der Waals surface area contributed by atoms with Gasteiger partial charge in [0.1, 0.15) is 0 Å². The number of amides is 2. The first kappa shape index (κ1) is 14.5. The van der Waals surface area contributed by atoms with Crippen LogP contribution in [-0.2, 0) is 6.54 Å². The van der Waals surface area contributed by atoms with E-state index in [0.717, 1.165) is 21.1 Å². The number of thiazole rings is 1. The van der Waals surface area contributed by atoms with Crippen LogP contribution >= 0.6 is 11.3 Å². The van der Waals surface area contributed by atoms with Crippen molar-refractivity contribution < 1.29 is 4.79 Å². The summed E-state index contributed by atoms with van der Waals surface area (Å²) in [7, 11) is 0. The van der Waals surface area contributed by atoms with Crippen LogP contribution in [0.15, 0.2) is 24.5 Å². The molecule has 0 aliphatic carbocycles. The number of nitrogens with one attached hydrogen (secondary N) is 2. The van der Waals surface area contributed by atoms with Crippen molar-refractivity contribution in [2.45, 2.75) is 33.4 Å². The lowest BCUT2D eigenvalue weighted by molar-refractivity contribution is 0.237. The molecule has 2 N–H and O–H groups in total. The molecule has 2 aromatic heterocycles. The van der Waals surface area contributed by atoms with Gasteiger partial charge in [0.15, 0.2) is 0 Å². The van der Waals surface area contributed by atoms with Crippen molar-refractivity contribution in [3.63, 3.8) is 0 Å². The molecule has 2 rings (SSSR count). The molecule has 6 heteroatoms. The number of carbonyl (C=O) groups is 1. The Labute approximate surface area is 122 Å². The molecule has 0 bridgehead atoms. The summed E-state index contributed by atoms with van der Waals surface area (Å²) < 4.78 is 0. The van der Waals surface area contributed by atoms with Crippen LogP contribution in [0.3, 0.4) is 0 Å². The Morgan fingerprint density at radius 3 is 2.85 bits per heavy atom. The van der Waals surface area contributed by atoms with Gasteiger partial charge in [0, 0.05) is 23.8 Å². The van der Waals surface area contributed by atoms with Crippen molar-refractivity contribution >= 4 is 17.4 Å². The number of pyridine rings is 1. The maximum Gasteiger partial charge on any atom is 0.315 e. The molecule has 0 unspecified atom stereocenters. The Hall–Kier alpha value is -1.95. The molecule has 0 aliphatic rings. The van der Waals surface area contributed by atoms with Crippen molar-refractivity contribution in [2.75, 3.05) is 0 Å². The zero-order valence-electron chi connectivity index (χ0n) is 11.8. The van der Waals surface area contributed by atoms with E-state index in [4.69, 9.17) is 0 Å². The summed E-state index contributed by atoms with van der Waals surface area (Å²) in [5.41, 5.74) is 1.95. The van der Waals surface area contributed by atoms with Gasteiger partial charge < -0.3 is 10.6 Å². The highest BCUT2D eigenvalue weighted by atomic mass is 32.1. The van der Waals surface area contributed by atoms with Crippen LogP contribution in [0, 0.1) is 13.8 Å². The maximum absolute atomic E-state index is 11.9. The number of hydrogen-bond donors (Lipinski definition) is 2. The van der Waals surface area contributed by atoms with Gasteiger partial charge in [-0.05, 0) is 32.4 Å². The minimum absolute atomic E-state index is 0.0462. The van der Waals surface area contributed by atoms with Crippen LogP contribution in [0.1, 0.15) is 34.1 Å². The van der Waals surface area contributed by atoms with Gasteiger partial charge in [-0.15, -0.1) is 11.3 Å². The van der Waals surface area contributed by atoms with Crippen LogP contribution in [0.25, 0.3) is 0 Å².